The number of hydrogen-bond donors (Lipinski definition) is 1. The number of nitrogens with zero attached hydrogens (tertiary/aromatic N) is 1. The van der Waals surface area contributed by atoms with Gasteiger partial charge in [0.1, 0.15) is 6.10 Å². The molecule has 1 aromatic rings. The van der Waals surface area contributed by atoms with Gasteiger partial charge in [-0.15, -0.1) is 0 Å². The Labute approximate surface area is 92.2 Å². The summed E-state index contributed by atoms with van der Waals surface area (Å²) in [5, 5.41) is 9.38. The van der Waals surface area contributed by atoms with Crippen molar-refractivity contribution in [3.05, 3.63) is 18.2 Å². The number of rotatable bonds is 1. The van der Waals surface area contributed by atoms with Gasteiger partial charge in [0, 0.05) is 24.7 Å². The first kappa shape index (κ1) is 9.47. The van der Waals surface area contributed by atoms with Gasteiger partial charge in [-0.1, -0.05) is 0 Å². The van der Waals surface area contributed by atoms with E-state index in [0.29, 0.717) is 24.5 Å². The molecule has 1 atom stereocenters. The Morgan fingerprint density at radius 1 is 1.31 bits per heavy atom. The third-order valence-corrected chi connectivity index (χ3v) is 2.85. The van der Waals surface area contributed by atoms with Crippen LogP contribution in [0.2, 0.25) is 0 Å². The fourth-order valence-corrected chi connectivity index (χ4v) is 1.97. The van der Waals surface area contributed by atoms with Crippen LogP contribution in [0.15, 0.2) is 18.2 Å². The van der Waals surface area contributed by atoms with Gasteiger partial charge in [0.15, 0.2) is 11.5 Å². The molecule has 84 valence electrons. The van der Waals surface area contributed by atoms with Gasteiger partial charge in [-0.25, -0.2) is 0 Å². The van der Waals surface area contributed by atoms with Crippen molar-refractivity contribution in [2.75, 3.05) is 18.2 Å². The molecular formula is C11H11NO4. The zero-order valence-electron chi connectivity index (χ0n) is 8.55. The number of aliphatic hydroxyl groups excluding tert-OH is 1. The van der Waals surface area contributed by atoms with E-state index in [9.17, 15) is 9.90 Å². The molecule has 1 fully saturated rings. The van der Waals surface area contributed by atoms with Gasteiger partial charge in [-0.2, -0.15) is 0 Å². The summed E-state index contributed by atoms with van der Waals surface area (Å²) < 4.78 is 10.4. The summed E-state index contributed by atoms with van der Waals surface area (Å²) in [6.07, 6.45) is -0.391. The first-order valence-corrected chi connectivity index (χ1v) is 5.15. The molecule has 3 rings (SSSR count). The molecule has 1 unspecified atom stereocenters. The maximum atomic E-state index is 11.6. The first-order chi connectivity index (χ1) is 7.75. The maximum Gasteiger partial charge on any atom is 0.255 e. The fourth-order valence-electron chi connectivity index (χ4n) is 1.97. The molecule has 2 aliphatic rings. The highest BCUT2D eigenvalue weighted by Gasteiger charge is 2.31. The quantitative estimate of drug-likeness (QED) is 0.750. The van der Waals surface area contributed by atoms with Gasteiger partial charge in [0.05, 0.1) is 0 Å². The number of ether oxygens (including phenoxy) is 2. The van der Waals surface area contributed by atoms with Crippen LogP contribution in [0.25, 0.3) is 0 Å². The van der Waals surface area contributed by atoms with Crippen molar-refractivity contribution in [1.29, 1.82) is 0 Å². The second-order valence-corrected chi connectivity index (χ2v) is 3.83. The van der Waals surface area contributed by atoms with E-state index in [2.05, 4.69) is 0 Å². The Kier molecular flexibility index (Phi) is 2.00. The van der Waals surface area contributed by atoms with Gasteiger partial charge in [0.2, 0.25) is 6.79 Å². The average Bonchev–Trinajstić information content (AvgIpc) is 2.86. The van der Waals surface area contributed by atoms with Crippen molar-refractivity contribution < 1.29 is 19.4 Å². The molecule has 2 heterocycles. The van der Waals surface area contributed by atoms with E-state index in [-0.39, 0.29) is 12.7 Å². The van der Waals surface area contributed by atoms with Crippen LogP contribution in [0, 0.1) is 0 Å². The maximum absolute atomic E-state index is 11.6. The van der Waals surface area contributed by atoms with E-state index in [1.807, 2.05) is 0 Å². The third kappa shape index (κ3) is 1.32. The molecule has 5 heteroatoms. The Morgan fingerprint density at radius 2 is 2.12 bits per heavy atom. The Bertz CT molecular complexity index is 446. The molecule has 16 heavy (non-hydrogen) atoms. The molecule has 0 bridgehead atoms. The van der Waals surface area contributed by atoms with Gasteiger partial charge in [0.25, 0.3) is 5.91 Å². The molecule has 0 aromatic heterocycles. The van der Waals surface area contributed by atoms with E-state index in [1.165, 1.54) is 0 Å². The van der Waals surface area contributed by atoms with Crippen LogP contribution < -0.4 is 14.4 Å². The van der Waals surface area contributed by atoms with Crippen LogP contribution in [-0.4, -0.2) is 30.5 Å². The Balaban J connectivity index is 1.93. The second kappa shape index (κ2) is 3.38. The minimum absolute atomic E-state index is 0.218. The van der Waals surface area contributed by atoms with E-state index in [0.717, 1.165) is 5.69 Å². The number of carbonyl (C=O) groups excluding carboxylic acids is 1. The highest BCUT2D eigenvalue weighted by molar-refractivity contribution is 5.98. The van der Waals surface area contributed by atoms with Crippen molar-refractivity contribution in [1.82, 2.24) is 0 Å². The molecule has 0 aliphatic carbocycles. The summed E-state index contributed by atoms with van der Waals surface area (Å²) in [5.74, 6) is 1.08. The lowest BCUT2D eigenvalue weighted by Gasteiger charge is -2.15. The van der Waals surface area contributed by atoms with E-state index < -0.39 is 6.10 Å². The minimum atomic E-state index is -0.870. The largest absolute Gasteiger partial charge is 0.454 e. The SMILES string of the molecule is O=C1C(O)CCN1c1ccc2c(c1)OCO2. The first-order valence-electron chi connectivity index (χ1n) is 5.15. The molecule has 1 saturated heterocycles. The highest BCUT2D eigenvalue weighted by atomic mass is 16.7. The van der Waals surface area contributed by atoms with Crippen molar-refractivity contribution >= 4 is 11.6 Å². The van der Waals surface area contributed by atoms with Gasteiger partial charge in [-0.05, 0) is 12.1 Å². The number of aliphatic hydroxyl groups is 1. The van der Waals surface area contributed by atoms with Crippen LogP contribution in [0.3, 0.4) is 0 Å². The van der Waals surface area contributed by atoms with Crippen molar-refractivity contribution in [2.45, 2.75) is 12.5 Å². The Hall–Kier alpha value is -1.75. The van der Waals surface area contributed by atoms with Crippen molar-refractivity contribution in [3.8, 4) is 11.5 Å². The average molecular weight is 221 g/mol. The second-order valence-electron chi connectivity index (χ2n) is 3.83. The van der Waals surface area contributed by atoms with Gasteiger partial charge >= 0.3 is 0 Å². The number of amides is 1. The van der Waals surface area contributed by atoms with Crippen LogP contribution in [-0.2, 0) is 4.79 Å². The third-order valence-electron chi connectivity index (χ3n) is 2.85. The number of benzene rings is 1. The van der Waals surface area contributed by atoms with E-state index in [4.69, 9.17) is 9.47 Å². The summed E-state index contributed by atoms with van der Waals surface area (Å²) >= 11 is 0. The van der Waals surface area contributed by atoms with Crippen LogP contribution in [0.5, 0.6) is 11.5 Å². The van der Waals surface area contributed by atoms with Crippen molar-refractivity contribution in [2.24, 2.45) is 0 Å². The van der Waals surface area contributed by atoms with Crippen molar-refractivity contribution in [3.63, 3.8) is 0 Å². The van der Waals surface area contributed by atoms with E-state index >= 15 is 0 Å². The Morgan fingerprint density at radius 3 is 2.88 bits per heavy atom. The molecular weight excluding hydrogens is 210 g/mol. The van der Waals surface area contributed by atoms with Crippen LogP contribution >= 0.6 is 0 Å². The number of hydrogen-bond acceptors (Lipinski definition) is 4. The smallest absolute Gasteiger partial charge is 0.255 e. The monoisotopic (exact) mass is 221 g/mol. The van der Waals surface area contributed by atoms with Gasteiger partial charge in [-0.3, -0.25) is 4.79 Å². The summed E-state index contributed by atoms with van der Waals surface area (Å²) in [6, 6.07) is 5.33. The molecule has 1 amide bonds. The number of fused-ring (bicyclic) bond motifs is 1. The lowest BCUT2D eigenvalue weighted by atomic mass is 10.2. The molecule has 1 aromatic carbocycles. The highest BCUT2D eigenvalue weighted by Crippen LogP contribution is 2.36. The predicted molar refractivity (Wildman–Crippen MR) is 55.5 cm³/mol. The topological polar surface area (TPSA) is 59.0 Å². The lowest BCUT2D eigenvalue weighted by molar-refractivity contribution is -0.123. The molecule has 0 saturated carbocycles. The summed E-state index contributed by atoms with van der Waals surface area (Å²) in [6.45, 7) is 0.759. The van der Waals surface area contributed by atoms with E-state index in [1.54, 1.807) is 23.1 Å². The summed E-state index contributed by atoms with van der Waals surface area (Å²) in [7, 11) is 0. The minimum Gasteiger partial charge on any atom is -0.454 e. The fraction of sp³-hybridized carbons (Fsp3) is 0.364. The molecule has 0 spiro atoms. The molecule has 1 N–H and O–H groups in total. The number of carbonyl (C=O) groups is 1. The zero-order valence-corrected chi connectivity index (χ0v) is 8.55. The zero-order chi connectivity index (χ0) is 11.1. The number of anilines is 1. The molecule has 5 nitrogen and oxygen atoms in total. The molecule has 2 aliphatic heterocycles. The van der Waals surface area contributed by atoms with Gasteiger partial charge < -0.3 is 19.5 Å². The molecule has 0 radical (unpaired) electrons. The van der Waals surface area contributed by atoms with Crippen LogP contribution in [0.4, 0.5) is 5.69 Å². The summed E-state index contributed by atoms with van der Waals surface area (Å²) in [5.41, 5.74) is 0.741. The predicted octanol–water partition coefficient (Wildman–Crippen LogP) is 0.513. The lowest BCUT2D eigenvalue weighted by Crippen LogP contribution is -2.28. The normalized spacial score (nSPS) is 22.9. The standard InChI is InChI=1S/C11H11NO4/c13-8-3-4-12(11(8)14)7-1-2-9-10(5-7)16-6-15-9/h1-2,5,8,13H,3-4,6H2. The van der Waals surface area contributed by atoms with Crippen LogP contribution in [0.1, 0.15) is 6.42 Å². The summed E-state index contributed by atoms with van der Waals surface area (Å²) in [4.78, 5) is 13.2.